The smallest absolute Gasteiger partial charge is 0.138 e. The predicted molar refractivity (Wildman–Crippen MR) is 67.6 cm³/mol. The summed E-state index contributed by atoms with van der Waals surface area (Å²) in [5.74, 6) is -0.134. The lowest BCUT2D eigenvalue weighted by atomic mass is 10.00. The number of nitrogens with one attached hydrogen (secondary N) is 1. The first-order valence-electron chi connectivity index (χ1n) is 6.03. The van der Waals surface area contributed by atoms with E-state index in [0.717, 1.165) is 17.7 Å². The van der Waals surface area contributed by atoms with Gasteiger partial charge in [0.2, 0.25) is 0 Å². The fraction of sp³-hybridized carbons (Fsp3) is 0.500. The molecule has 0 aliphatic rings. The highest BCUT2D eigenvalue weighted by Gasteiger charge is 2.10. The van der Waals surface area contributed by atoms with Crippen LogP contribution in [0.15, 0.2) is 18.2 Å². The van der Waals surface area contributed by atoms with Crippen LogP contribution in [-0.4, -0.2) is 18.4 Å². The van der Waals surface area contributed by atoms with Crippen LogP contribution in [0.1, 0.15) is 31.4 Å². The number of Topliss-reactive ketones (excluding diaryl/α,β-unsaturated/α-hetero) is 1. The van der Waals surface area contributed by atoms with Gasteiger partial charge in [-0.3, -0.25) is 4.79 Å². The monoisotopic (exact) mass is 237 g/mol. The van der Waals surface area contributed by atoms with Gasteiger partial charge in [-0.05, 0) is 43.7 Å². The summed E-state index contributed by atoms with van der Waals surface area (Å²) in [6.45, 7) is 6.75. The van der Waals surface area contributed by atoms with Gasteiger partial charge < -0.3 is 5.32 Å². The Morgan fingerprint density at radius 3 is 2.82 bits per heavy atom. The number of aryl methyl sites for hydroxylation is 1. The number of carbonyl (C=O) groups is 1. The van der Waals surface area contributed by atoms with Crippen molar-refractivity contribution in [1.82, 2.24) is 5.32 Å². The third kappa shape index (κ3) is 4.65. The maximum absolute atomic E-state index is 13.1. The Kier molecular flexibility index (Phi) is 5.29. The Bertz CT molecular complexity index is 390. The zero-order valence-corrected chi connectivity index (χ0v) is 10.7. The normalized spacial score (nSPS) is 12.5. The highest BCUT2D eigenvalue weighted by atomic mass is 19.1. The molecule has 0 bridgehead atoms. The lowest BCUT2D eigenvalue weighted by molar-refractivity contribution is -0.118. The van der Waals surface area contributed by atoms with Crippen molar-refractivity contribution >= 4 is 5.78 Å². The highest BCUT2D eigenvalue weighted by Crippen LogP contribution is 2.12. The average molecular weight is 237 g/mol. The minimum atomic E-state index is -0.280. The quantitative estimate of drug-likeness (QED) is 0.824. The largest absolute Gasteiger partial charge is 0.314 e. The molecule has 0 saturated carbocycles. The van der Waals surface area contributed by atoms with Gasteiger partial charge >= 0.3 is 0 Å². The van der Waals surface area contributed by atoms with Gasteiger partial charge in [0.15, 0.2) is 0 Å². The molecule has 1 aromatic rings. The molecule has 17 heavy (non-hydrogen) atoms. The van der Waals surface area contributed by atoms with Gasteiger partial charge in [-0.2, -0.15) is 0 Å². The molecule has 1 unspecified atom stereocenters. The molecule has 3 heteroatoms. The van der Waals surface area contributed by atoms with Gasteiger partial charge in [-0.25, -0.2) is 4.39 Å². The van der Waals surface area contributed by atoms with E-state index in [1.807, 2.05) is 20.8 Å². The predicted octanol–water partition coefficient (Wildman–Crippen LogP) is 2.63. The van der Waals surface area contributed by atoms with Crippen LogP contribution in [0.4, 0.5) is 4.39 Å². The SMILES string of the molecule is CCNC(C)CC(=O)Cc1cc(F)ccc1C. The number of rotatable bonds is 6. The summed E-state index contributed by atoms with van der Waals surface area (Å²) in [7, 11) is 0. The molecule has 1 atom stereocenters. The molecule has 0 amide bonds. The van der Waals surface area contributed by atoms with Crippen molar-refractivity contribution in [2.45, 2.75) is 39.7 Å². The molecule has 0 spiro atoms. The van der Waals surface area contributed by atoms with E-state index < -0.39 is 0 Å². The van der Waals surface area contributed by atoms with Crippen LogP contribution < -0.4 is 5.32 Å². The van der Waals surface area contributed by atoms with Gasteiger partial charge in [0.05, 0.1) is 0 Å². The molecule has 0 saturated heterocycles. The Morgan fingerprint density at radius 1 is 1.47 bits per heavy atom. The molecule has 0 fully saturated rings. The third-order valence-electron chi connectivity index (χ3n) is 2.79. The van der Waals surface area contributed by atoms with Gasteiger partial charge in [0, 0.05) is 18.9 Å². The molecule has 1 rings (SSSR count). The second-order valence-electron chi connectivity index (χ2n) is 4.45. The van der Waals surface area contributed by atoms with E-state index >= 15 is 0 Å². The van der Waals surface area contributed by atoms with Crippen LogP contribution in [-0.2, 0) is 11.2 Å². The molecular formula is C14H20FNO. The van der Waals surface area contributed by atoms with Gasteiger partial charge in [-0.1, -0.05) is 13.0 Å². The standard InChI is InChI=1S/C14H20FNO/c1-4-16-11(3)7-14(17)9-12-8-13(15)6-5-10(12)2/h5-6,8,11,16H,4,7,9H2,1-3H3. The Labute approximate surface area is 102 Å². The van der Waals surface area contributed by atoms with Crippen molar-refractivity contribution in [1.29, 1.82) is 0 Å². The number of halogens is 1. The molecule has 0 heterocycles. The number of carbonyl (C=O) groups excluding carboxylic acids is 1. The molecule has 0 aliphatic heterocycles. The van der Waals surface area contributed by atoms with E-state index in [9.17, 15) is 9.18 Å². The zero-order chi connectivity index (χ0) is 12.8. The molecule has 2 nitrogen and oxygen atoms in total. The number of hydrogen-bond acceptors (Lipinski definition) is 2. The van der Waals surface area contributed by atoms with Gasteiger partial charge in [0.25, 0.3) is 0 Å². The van der Waals surface area contributed by atoms with Crippen molar-refractivity contribution in [3.63, 3.8) is 0 Å². The van der Waals surface area contributed by atoms with E-state index in [1.54, 1.807) is 6.07 Å². The van der Waals surface area contributed by atoms with E-state index in [1.165, 1.54) is 12.1 Å². The van der Waals surface area contributed by atoms with Crippen molar-refractivity contribution in [3.05, 3.63) is 35.1 Å². The van der Waals surface area contributed by atoms with Crippen LogP contribution in [0.3, 0.4) is 0 Å². The molecule has 0 aliphatic carbocycles. The van der Waals surface area contributed by atoms with Crippen molar-refractivity contribution in [3.8, 4) is 0 Å². The minimum Gasteiger partial charge on any atom is -0.314 e. The van der Waals surface area contributed by atoms with Crippen molar-refractivity contribution in [2.24, 2.45) is 0 Å². The highest BCUT2D eigenvalue weighted by molar-refractivity contribution is 5.81. The van der Waals surface area contributed by atoms with E-state index in [4.69, 9.17) is 0 Å². The first-order valence-corrected chi connectivity index (χ1v) is 6.03. The summed E-state index contributed by atoms with van der Waals surface area (Å²) in [4.78, 5) is 11.8. The van der Waals surface area contributed by atoms with E-state index in [-0.39, 0.29) is 17.6 Å². The Hall–Kier alpha value is -1.22. The fourth-order valence-corrected chi connectivity index (χ4v) is 1.88. The van der Waals surface area contributed by atoms with Crippen LogP contribution in [0.2, 0.25) is 0 Å². The maximum Gasteiger partial charge on any atom is 0.138 e. The van der Waals surface area contributed by atoms with Crippen LogP contribution in [0.25, 0.3) is 0 Å². The summed E-state index contributed by atoms with van der Waals surface area (Å²) in [6, 6.07) is 4.77. The summed E-state index contributed by atoms with van der Waals surface area (Å²) >= 11 is 0. The lowest BCUT2D eigenvalue weighted by Gasteiger charge is -2.11. The second-order valence-corrected chi connectivity index (χ2v) is 4.45. The van der Waals surface area contributed by atoms with Gasteiger partial charge in [-0.15, -0.1) is 0 Å². The first-order chi connectivity index (χ1) is 8.02. The number of benzene rings is 1. The van der Waals surface area contributed by atoms with E-state index in [2.05, 4.69) is 5.32 Å². The second kappa shape index (κ2) is 6.50. The molecular weight excluding hydrogens is 217 g/mol. The number of hydrogen-bond donors (Lipinski definition) is 1. The number of ketones is 1. The van der Waals surface area contributed by atoms with E-state index in [0.29, 0.717) is 12.8 Å². The summed E-state index contributed by atoms with van der Waals surface area (Å²) in [5.41, 5.74) is 1.76. The first kappa shape index (κ1) is 13.8. The Balaban J connectivity index is 2.58. The fourth-order valence-electron chi connectivity index (χ4n) is 1.88. The van der Waals surface area contributed by atoms with Crippen LogP contribution in [0.5, 0.6) is 0 Å². The molecule has 1 N–H and O–H groups in total. The molecule has 0 aromatic heterocycles. The zero-order valence-electron chi connectivity index (χ0n) is 10.7. The topological polar surface area (TPSA) is 29.1 Å². The van der Waals surface area contributed by atoms with Crippen molar-refractivity contribution < 1.29 is 9.18 Å². The molecule has 1 aromatic carbocycles. The third-order valence-corrected chi connectivity index (χ3v) is 2.79. The minimum absolute atomic E-state index is 0.146. The van der Waals surface area contributed by atoms with Crippen molar-refractivity contribution in [2.75, 3.05) is 6.54 Å². The van der Waals surface area contributed by atoms with Gasteiger partial charge in [0.1, 0.15) is 11.6 Å². The average Bonchev–Trinajstić information content (AvgIpc) is 2.23. The summed E-state index contributed by atoms with van der Waals surface area (Å²) in [5, 5.41) is 3.19. The molecule has 0 radical (unpaired) electrons. The van der Waals surface area contributed by atoms with Crippen LogP contribution >= 0.6 is 0 Å². The Morgan fingerprint density at radius 2 is 2.18 bits per heavy atom. The summed E-state index contributed by atoms with van der Waals surface area (Å²) < 4.78 is 13.1. The maximum atomic E-state index is 13.1. The van der Waals surface area contributed by atoms with Crippen LogP contribution in [0, 0.1) is 12.7 Å². The lowest BCUT2D eigenvalue weighted by Crippen LogP contribution is -2.28. The summed E-state index contributed by atoms with van der Waals surface area (Å²) in [6.07, 6.45) is 0.809. The molecule has 94 valence electrons.